The molecule has 0 spiro atoms. The highest BCUT2D eigenvalue weighted by Gasteiger charge is 1.98. The van der Waals surface area contributed by atoms with Crippen molar-refractivity contribution in [2.75, 3.05) is 0 Å². The van der Waals surface area contributed by atoms with Gasteiger partial charge in [-0.3, -0.25) is 0 Å². The Morgan fingerprint density at radius 2 is 2.56 bits per heavy atom. The zero-order valence-electron chi connectivity index (χ0n) is 4.87. The summed E-state index contributed by atoms with van der Waals surface area (Å²) in [4.78, 5) is 3.55. The van der Waals surface area contributed by atoms with Crippen molar-refractivity contribution in [1.29, 1.82) is 0 Å². The molecule has 1 aromatic rings. The van der Waals surface area contributed by atoms with Crippen molar-refractivity contribution in [2.24, 2.45) is 4.99 Å². The van der Waals surface area contributed by atoms with Gasteiger partial charge in [0.25, 0.3) is 5.88 Å². The summed E-state index contributed by atoms with van der Waals surface area (Å²) in [6.45, 7) is 6.80. The van der Waals surface area contributed by atoms with E-state index < -0.39 is 0 Å². The Balaban J connectivity index is 3.12. The highest BCUT2D eigenvalue weighted by Crippen LogP contribution is 2.17. The van der Waals surface area contributed by atoms with E-state index in [1.165, 1.54) is 6.20 Å². The van der Waals surface area contributed by atoms with E-state index in [1.807, 2.05) is 0 Å². The van der Waals surface area contributed by atoms with Gasteiger partial charge in [0, 0.05) is 0 Å². The highest BCUT2D eigenvalue weighted by atomic mass is 16.5. The zero-order valence-corrected chi connectivity index (χ0v) is 4.87. The van der Waals surface area contributed by atoms with E-state index in [1.54, 1.807) is 6.08 Å². The first-order valence-corrected chi connectivity index (χ1v) is 2.42. The summed E-state index contributed by atoms with van der Waals surface area (Å²) in [5.41, 5.74) is 0.769. The van der Waals surface area contributed by atoms with Gasteiger partial charge in [-0.15, -0.1) is 0 Å². The van der Waals surface area contributed by atoms with Crippen LogP contribution in [0.25, 0.3) is 6.08 Å². The fourth-order valence-corrected chi connectivity index (χ4v) is 0.501. The fraction of sp³-hybridized carbons (Fsp3) is 0. The minimum atomic E-state index is 0.421. The van der Waals surface area contributed by atoms with Gasteiger partial charge < -0.3 is 4.52 Å². The van der Waals surface area contributed by atoms with Crippen LogP contribution in [0.3, 0.4) is 0 Å². The molecule has 0 amide bonds. The molecule has 3 heteroatoms. The van der Waals surface area contributed by atoms with E-state index in [9.17, 15) is 0 Å². The second kappa shape index (κ2) is 2.26. The van der Waals surface area contributed by atoms with Gasteiger partial charge in [0.2, 0.25) is 0 Å². The maximum Gasteiger partial charge on any atom is 0.257 e. The second-order valence-electron chi connectivity index (χ2n) is 1.45. The number of aliphatic imine (C=N–C) groups is 1. The predicted octanol–water partition coefficient (Wildman–Crippen LogP) is 1.65. The lowest BCUT2D eigenvalue weighted by molar-refractivity contribution is 0.430. The Hall–Kier alpha value is -1.38. The van der Waals surface area contributed by atoms with Crippen molar-refractivity contribution >= 4 is 18.7 Å². The number of aromatic nitrogens is 1. The first kappa shape index (κ1) is 5.75. The molecule has 0 saturated carbocycles. The largest absolute Gasteiger partial charge is 0.336 e. The molecule has 0 saturated heterocycles. The van der Waals surface area contributed by atoms with Gasteiger partial charge in [-0.2, -0.15) is 0 Å². The summed E-state index contributed by atoms with van der Waals surface area (Å²) in [6, 6.07) is 0. The van der Waals surface area contributed by atoms with Crippen LogP contribution in [0, 0.1) is 0 Å². The lowest BCUT2D eigenvalue weighted by atomic mass is 10.3. The summed E-state index contributed by atoms with van der Waals surface area (Å²) >= 11 is 0. The topological polar surface area (TPSA) is 38.4 Å². The maximum atomic E-state index is 4.65. The lowest BCUT2D eigenvalue weighted by Crippen LogP contribution is -1.59. The Labute approximate surface area is 52.7 Å². The number of rotatable bonds is 2. The third kappa shape index (κ3) is 0.887. The monoisotopic (exact) mass is 122 g/mol. The molecule has 0 fully saturated rings. The smallest absolute Gasteiger partial charge is 0.257 e. The van der Waals surface area contributed by atoms with E-state index in [0.29, 0.717) is 5.88 Å². The van der Waals surface area contributed by atoms with E-state index in [2.05, 4.69) is 28.0 Å². The summed E-state index contributed by atoms with van der Waals surface area (Å²) < 4.78 is 4.65. The van der Waals surface area contributed by atoms with Crippen LogP contribution in [0.5, 0.6) is 0 Å². The fourth-order valence-electron chi connectivity index (χ4n) is 0.501. The average molecular weight is 122 g/mol. The van der Waals surface area contributed by atoms with Crippen molar-refractivity contribution in [2.45, 2.75) is 0 Å². The molecule has 0 aromatic carbocycles. The summed E-state index contributed by atoms with van der Waals surface area (Å²) in [6.07, 6.45) is 3.15. The molecule has 0 radical (unpaired) electrons. The summed E-state index contributed by atoms with van der Waals surface area (Å²) in [5.74, 6) is 0.421. The summed E-state index contributed by atoms with van der Waals surface area (Å²) in [5, 5.41) is 3.48. The number of hydrogen-bond acceptors (Lipinski definition) is 3. The van der Waals surface area contributed by atoms with Crippen molar-refractivity contribution in [3.05, 3.63) is 18.3 Å². The first-order chi connectivity index (χ1) is 4.38. The minimum absolute atomic E-state index is 0.421. The molecular weight excluding hydrogens is 116 g/mol. The molecule has 0 aliphatic heterocycles. The van der Waals surface area contributed by atoms with Crippen molar-refractivity contribution in [3.8, 4) is 0 Å². The molecule has 0 unspecified atom stereocenters. The van der Waals surface area contributed by atoms with Crippen LogP contribution < -0.4 is 0 Å². The van der Waals surface area contributed by atoms with Crippen LogP contribution in [0.4, 0.5) is 5.88 Å². The quantitative estimate of drug-likeness (QED) is 0.559. The minimum Gasteiger partial charge on any atom is -0.336 e. The molecule has 46 valence electrons. The van der Waals surface area contributed by atoms with Crippen LogP contribution in [0.15, 0.2) is 22.3 Å². The van der Waals surface area contributed by atoms with Crippen molar-refractivity contribution in [1.82, 2.24) is 5.16 Å². The molecule has 9 heavy (non-hydrogen) atoms. The Bertz CT molecular complexity index is 204. The SMILES string of the molecule is C=Cc1cnoc1N=C. The standard InChI is InChI=1S/C6H6N2O/c1-3-5-4-8-9-6(5)7-2/h3-4H,1-2H2. The number of hydrogen-bond donors (Lipinski definition) is 0. The molecule has 0 aliphatic carbocycles. The molecule has 3 nitrogen and oxygen atoms in total. The molecule has 0 atom stereocenters. The van der Waals surface area contributed by atoms with Crippen LogP contribution >= 0.6 is 0 Å². The third-order valence-corrected chi connectivity index (χ3v) is 0.941. The molecule has 1 aromatic heterocycles. The highest BCUT2D eigenvalue weighted by molar-refractivity contribution is 5.58. The molecule has 0 aliphatic rings. The average Bonchev–Trinajstić information content (AvgIpc) is 2.33. The van der Waals surface area contributed by atoms with E-state index in [0.717, 1.165) is 5.56 Å². The van der Waals surface area contributed by atoms with Crippen molar-refractivity contribution in [3.63, 3.8) is 0 Å². The van der Waals surface area contributed by atoms with Gasteiger partial charge in [-0.25, -0.2) is 4.99 Å². The van der Waals surface area contributed by atoms with Crippen molar-refractivity contribution < 1.29 is 4.52 Å². The van der Waals surface area contributed by atoms with Crippen LogP contribution in [-0.2, 0) is 0 Å². The number of nitrogens with zero attached hydrogens (tertiary/aromatic N) is 2. The van der Waals surface area contributed by atoms with Gasteiger partial charge in [-0.05, 0) is 6.72 Å². The predicted molar refractivity (Wildman–Crippen MR) is 35.8 cm³/mol. The van der Waals surface area contributed by atoms with Crippen LogP contribution in [0.1, 0.15) is 5.56 Å². The Morgan fingerprint density at radius 3 is 3.00 bits per heavy atom. The second-order valence-corrected chi connectivity index (χ2v) is 1.45. The molecule has 1 rings (SSSR count). The Morgan fingerprint density at radius 1 is 1.78 bits per heavy atom. The van der Waals surface area contributed by atoms with E-state index in [4.69, 9.17) is 0 Å². The van der Waals surface area contributed by atoms with Gasteiger partial charge in [0.15, 0.2) is 0 Å². The van der Waals surface area contributed by atoms with E-state index in [-0.39, 0.29) is 0 Å². The van der Waals surface area contributed by atoms with Gasteiger partial charge in [-0.1, -0.05) is 17.8 Å². The maximum absolute atomic E-state index is 4.65. The lowest BCUT2D eigenvalue weighted by Gasteiger charge is -1.80. The van der Waals surface area contributed by atoms with Gasteiger partial charge in [0.1, 0.15) is 0 Å². The Kier molecular flexibility index (Phi) is 1.44. The van der Waals surface area contributed by atoms with Gasteiger partial charge in [0.05, 0.1) is 11.8 Å². The van der Waals surface area contributed by atoms with Crippen LogP contribution in [0.2, 0.25) is 0 Å². The summed E-state index contributed by atoms with van der Waals surface area (Å²) in [7, 11) is 0. The molecule has 1 heterocycles. The molecule has 0 N–H and O–H groups in total. The zero-order chi connectivity index (χ0) is 6.69. The normalized spacial score (nSPS) is 8.89. The van der Waals surface area contributed by atoms with E-state index >= 15 is 0 Å². The van der Waals surface area contributed by atoms with Crippen LogP contribution in [-0.4, -0.2) is 11.9 Å². The molecule has 0 bridgehead atoms. The third-order valence-electron chi connectivity index (χ3n) is 0.941. The van der Waals surface area contributed by atoms with Gasteiger partial charge >= 0.3 is 0 Å². The molecular formula is C6H6N2O. The first-order valence-electron chi connectivity index (χ1n) is 2.42.